The fourth-order valence-corrected chi connectivity index (χ4v) is 3.54. The lowest BCUT2D eigenvalue weighted by Crippen LogP contribution is -2.54. The van der Waals surface area contributed by atoms with E-state index in [4.69, 9.17) is 39.8 Å². The topological polar surface area (TPSA) is 62.6 Å². The Morgan fingerprint density at radius 1 is 1.03 bits per heavy atom. The fraction of sp³-hybridized carbons (Fsp3) is 0.0455. The minimum Gasteiger partial charge on any atom is -0.457 e. The molecular weight excluding hydrogens is 443 g/mol. The number of carbonyl (C=O) groups excluding carboxylic acids is 2. The Kier molecular flexibility index (Phi) is 5.47. The number of nitrogens with zero attached hydrogens (tertiary/aromatic N) is 1. The maximum atomic E-state index is 13.0. The summed E-state index contributed by atoms with van der Waals surface area (Å²) < 4.78 is 5.81. The van der Waals surface area contributed by atoms with Gasteiger partial charge in [-0.05, 0) is 73.2 Å². The van der Waals surface area contributed by atoms with Crippen LogP contribution in [0.3, 0.4) is 0 Å². The fourth-order valence-electron chi connectivity index (χ4n) is 2.96. The first-order chi connectivity index (χ1) is 14.3. The molecule has 0 unspecified atom stereocenters. The molecular formula is C22H14Cl2N2O3S. The third kappa shape index (κ3) is 3.89. The summed E-state index contributed by atoms with van der Waals surface area (Å²) in [5, 5.41) is 3.68. The summed E-state index contributed by atoms with van der Waals surface area (Å²) in [5.41, 5.74) is 2.15. The van der Waals surface area contributed by atoms with Crippen molar-refractivity contribution in [1.82, 2.24) is 5.32 Å². The second-order valence-electron chi connectivity index (χ2n) is 6.60. The first-order valence-electron chi connectivity index (χ1n) is 8.87. The van der Waals surface area contributed by atoms with Crippen LogP contribution in [0.4, 0.5) is 5.69 Å². The van der Waals surface area contributed by atoms with E-state index in [1.165, 1.54) is 11.0 Å². The van der Waals surface area contributed by atoms with Crippen LogP contribution >= 0.6 is 35.4 Å². The highest BCUT2D eigenvalue weighted by atomic mass is 35.5. The SMILES string of the molecule is Cc1ccc(-c2ccc(/C=C3\C(=O)NC(=S)N(c4ccc(Cl)cc4)C3=O)o2)cc1Cl. The quantitative estimate of drug-likeness (QED) is 0.325. The molecule has 1 aromatic heterocycles. The van der Waals surface area contributed by atoms with Gasteiger partial charge >= 0.3 is 0 Å². The second-order valence-corrected chi connectivity index (χ2v) is 7.83. The minimum atomic E-state index is -0.591. The molecule has 1 aliphatic rings. The van der Waals surface area contributed by atoms with Gasteiger partial charge in [0.1, 0.15) is 17.1 Å². The molecule has 8 heteroatoms. The minimum absolute atomic E-state index is 0.00102. The average Bonchev–Trinajstić information content (AvgIpc) is 3.17. The number of hydrogen-bond acceptors (Lipinski definition) is 4. The predicted molar refractivity (Wildman–Crippen MR) is 122 cm³/mol. The van der Waals surface area contributed by atoms with Gasteiger partial charge in [0.2, 0.25) is 0 Å². The van der Waals surface area contributed by atoms with Crippen molar-refractivity contribution < 1.29 is 14.0 Å². The van der Waals surface area contributed by atoms with Gasteiger partial charge in [-0.2, -0.15) is 0 Å². The second kappa shape index (κ2) is 8.07. The van der Waals surface area contributed by atoms with Gasteiger partial charge in [-0.1, -0.05) is 35.3 Å². The number of hydrogen-bond donors (Lipinski definition) is 1. The van der Waals surface area contributed by atoms with E-state index in [0.717, 1.165) is 11.1 Å². The van der Waals surface area contributed by atoms with Crippen LogP contribution < -0.4 is 10.2 Å². The number of aryl methyl sites for hydroxylation is 1. The maximum absolute atomic E-state index is 13.0. The highest BCUT2D eigenvalue weighted by Gasteiger charge is 2.34. The molecule has 1 N–H and O–H groups in total. The van der Waals surface area contributed by atoms with Crippen LogP contribution in [-0.4, -0.2) is 16.9 Å². The molecule has 1 saturated heterocycles. The molecule has 0 spiro atoms. The molecule has 30 heavy (non-hydrogen) atoms. The zero-order valence-corrected chi connectivity index (χ0v) is 17.9. The lowest BCUT2D eigenvalue weighted by atomic mass is 10.1. The van der Waals surface area contributed by atoms with Gasteiger partial charge in [0.15, 0.2) is 5.11 Å². The van der Waals surface area contributed by atoms with Crippen molar-refractivity contribution in [2.24, 2.45) is 0 Å². The van der Waals surface area contributed by atoms with Crippen LogP contribution in [0, 0.1) is 6.92 Å². The number of thiocarbonyl (C=S) groups is 1. The number of amides is 2. The first-order valence-corrected chi connectivity index (χ1v) is 10.0. The Labute approximate surface area is 187 Å². The zero-order chi connectivity index (χ0) is 21.4. The number of anilines is 1. The molecule has 150 valence electrons. The van der Waals surface area contributed by atoms with Gasteiger partial charge in [-0.25, -0.2) is 0 Å². The third-order valence-corrected chi connectivity index (χ3v) is 5.50. The van der Waals surface area contributed by atoms with Crippen LogP contribution in [-0.2, 0) is 9.59 Å². The molecule has 4 rings (SSSR count). The van der Waals surface area contributed by atoms with Gasteiger partial charge in [-0.3, -0.25) is 19.8 Å². The Morgan fingerprint density at radius 2 is 1.77 bits per heavy atom. The van der Waals surface area contributed by atoms with E-state index in [-0.39, 0.29) is 10.7 Å². The number of rotatable bonds is 3. The first kappa shape index (κ1) is 20.3. The Bertz CT molecular complexity index is 1220. The number of benzene rings is 2. The van der Waals surface area contributed by atoms with E-state index in [1.807, 2.05) is 19.1 Å². The third-order valence-electron chi connectivity index (χ3n) is 4.56. The molecule has 2 aromatic carbocycles. The van der Waals surface area contributed by atoms with Crippen molar-refractivity contribution in [3.05, 3.63) is 81.5 Å². The Morgan fingerprint density at radius 3 is 2.47 bits per heavy atom. The Balaban J connectivity index is 1.67. The van der Waals surface area contributed by atoms with Crippen LogP contribution in [0.15, 0.2) is 64.6 Å². The Hall–Kier alpha value is -2.93. The number of halogens is 2. The molecule has 1 aliphatic heterocycles. The number of furan rings is 1. The molecule has 0 aliphatic carbocycles. The highest BCUT2D eigenvalue weighted by Crippen LogP contribution is 2.29. The number of carbonyl (C=O) groups is 2. The van der Waals surface area contributed by atoms with Crippen molar-refractivity contribution in [2.75, 3.05) is 4.90 Å². The van der Waals surface area contributed by atoms with Gasteiger partial charge in [0.05, 0.1) is 5.69 Å². The summed E-state index contributed by atoms with van der Waals surface area (Å²) in [6, 6.07) is 15.6. The molecule has 1 fully saturated rings. The standard InChI is InChI=1S/C22H14Cl2N2O3S/c1-12-2-3-13(10-18(12)24)19-9-8-16(29-19)11-17-20(27)25-22(30)26(21(17)28)15-6-4-14(23)5-7-15/h2-11H,1H3,(H,25,27,30)/b17-11+. The summed E-state index contributed by atoms with van der Waals surface area (Å²) in [6.45, 7) is 1.91. The van der Waals surface area contributed by atoms with Crippen molar-refractivity contribution in [1.29, 1.82) is 0 Å². The molecule has 2 heterocycles. The van der Waals surface area contributed by atoms with Crippen LogP contribution in [0.2, 0.25) is 10.0 Å². The van der Waals surface area contributed by atoms with Crippen LogP contribution in [0.5, 0.6) is 0 Å². The van der Waals surface area contributed by atoms with E-state index in [2.05, 4.69) is 5.32 Å². The summed E-state index contributed by atoms with van der Waals surface area (Å²) in [5.74, 6) is -0.226. The zero-order valence-electron chi connectivity index (χ0n) is 15.6. The molecule has 0 bridgehead atoms. The summed E-state index contributed by atoms with van der Waals surface area (Å²) in [6.07, 6.45) is 1.39. The van der Waals surface area contributed by atoms with Gasteiger partial charge in [-0.15, -0.1) is 0 Å². The molecule has 0 radical (unpaired) electrons. The summed E-state index contributed by atoms with van der Waals surface area (Å²) >= 11 is 17.3. The molecule has 3 aromatic rings. The van der Waals surface area contributed by atoms with Crippen molar-refractivity contribution >= 4 is 64.1 Å². The summed E-state index contributed by atoms with van der Waals surface area (Å²) in [7, 11) is 0. The summed E-state index contributed by atoms with van der Waals surface area (Å²) in [4.78, 5) is 26.7. The van der Waals surface area contributed by atoms with E-state index in [0.29, 0.717) is 27.3 Å². The smallest absolute Gasteiger partial charge is 0.270 e. The van der Waals surface area contributed by atoms with E-state index >= 15 is 0 Å². The monoisotopic (exact) mass is 456 g/mol. The van der Waals surface area contributed by atoms with Gasteiger partial charge < -0.3 is 4.42 Å². The highest BCUT2D eigenvalue weighted by molar-refractivity contribution is 7.80. The van der Waals surface area contributed by atoms with Crippen molar-refractivity contribution in [3.8, 4) is 11.3 Å². The van der Waals surface area contributed by atoms with Gasteiger partial charge in [0.25, 0.3) is 11.8 Å². The average molecular weight is 457 g/mol. The largest absolute Gasteiger partial charge is 0.457 e. The normalized spacial score (nSPS) is 15.6. The van der Waals surface area contributed by atoms with E-state index in [1.54, 1.807) is 42.5 Å². The lowest BCUT2D eigenvalue weighted by Gasteiger charge is -2.28. The van der Waals surface area contributed by atoms with Crippen molar-refractivity contribution in [2.45, 2.75) is 6.92 Å². The molecule has 0 saturated carbocycles. The molecule has 0 atom stereocenters. The van der Waals surface area contributed by atoms with Crippen molar-refractivity contribution in [3.63, 3.8) is 0 Å². The van der Waals surface area contributed by atoms with E-state index in [9.17, 15) is 9.59 Å². The molecule has 5 nitrogen and oxygen atoms in total. The van der Waals surface area contributed by atoms with E-state index < -0.39 is 11.8 Å². The lowest BCUT2D eigenvalue weighted by molar-refractivity contribution is -0.122. The molecule has 2 amide bonds. The van der Waals surface area contributed by atoms with Crippen LogP contribution in [0.1, 0.15) is 11.3 Å². The number of nitrogens with one attached hydrogen (secondary N) is 1. The van der Waals surface area contributed by atoms with Gasteiger partial charge in [0, 0.05) is 15.6 Å². The maximum Gasteiger partial charge on any atom is 0.270 e. The van der Waals surface area contributed by atoms with Crippen LogP contribution in [0.25, 0.3) is 17.4 Å². The predicted octanol–water partition coefficient (Wildman–Crippen LogP) is 5.39.